The van der Waals surface area contributed by atoms with Crippen molar-refractivity contribution in [3.05, 3.63) is 40.6 Å². The topological polar surface area (TPSA) is 26.3 Å². The largest absolute Gasteiger partial charge is 0.497 e. The summed E-state index contributed by atoms with van der Waals surface area (Å²) in [5.74, 6) is 0.593. The highest BCUT2D eigenvalue weighted by atomic mass is 16.5. The third kappa shape index (κ3) is 1.58. The molecule has 0 saturated carbocycles. The Bertz CT molecular complexity index is 268. The van der Waals surface area contributed by atoms with E-state index in [-0.39, 0.29) is 5.43 Å². The highest BCUT2D eigenvalue weighted by Crippen LogP contribution is 2.01. The van der Waals surface area contributed by atoms with Gasteiger partial charge in [-0.25, -0.2) is 0 Å². The van der Waals surface area contributed by atoms with Crippen molar-refractivity contribution in [3.63, 3.8) is 0 Å². The van der Waals surface area contributed by atoms with Crippen molar-refractivity contribution >= 4 is 0 Å². The van der Waals surface area contributed by atoms with Gasteiger partial charge >= 0.3 is 0 Å². The summed E-state index contributed by atoms with van der Waals surface area (Å²) in [6, 6.07) is 8.12. The van der Waals surface area contributed by atoms with Crippen LogP contribution in [0.4, 0.5) is 0 Å². The lowest BCUT2D eigenvalue weighted by Gasteiger charge is -1.90. The highest BCUT2D eigenvalue weighted by Gasteiger charge is 1.85. The molecule has 52 valence electrons. The van der Waals surface area contributed by atoms with Crippen LogP contribution in [-0.4, -0.2) is 7.11 Å². The first kappa shape index (κ1) is 6.81. The van der Waals surface area contributed by atoms with Crippen LogP contribution in [0.5, 0.6) is 5.75 Å². The average molecular weight is 136 g/mol. The second kappa shape index (κ2) is 3.01. The van der Waals surface area contributed by atoms with Gasteiger partial charge in [0.2, 0.25) is 0 Å². The van der Waals surface area contributed by atoms with Gasteiger partial charge in [0.1, 0.15) is 5.75 Å². The van der Waals surface area contributed by atoms with Crippen molar-refractivity contribution < 1.29 is 4.74 Å². The Morgan fingerprint density at radius 1 is 1.30 bits per heavy atom. The zero-order chi connectivity index (χ0) is 7.40. The van der Waals surface area contributed by atoms with Crippen LogP contribution in [0.15, 0.2) is 35.1 Å². The van der Waals surface area contributed by atoms with E-state index in [0.29, 0.717) is 5.75 Å². The van der Waals surface area contributed by atoms with E-state index in [1.54, 1.807) is 18.2 Å². The number of hydrogen-bond donors (Lipinski definition) is 0. The highest BCUT2D eigenvalue weighted by molar-refractivity contribution is 5.19. The summed E-state index contributed by atoms with van der Waals surface area (Å²) in [6.07, 6.45) is 0. The van der Waals surface area contributed by atoms with Crippen LogP contribution in [0, 0.1) is 0 Å². The van der Waals surface area contributed by atoms with Gasteiger partial charge in [-0.2, -0.15) is 0 Å². The summed E-state index contributed by atoms with van der Waals surface area (Å²) in [4.78, 5) is 10.8. The van der Waals surface area contributed by atoms with Crippen LogP contribution in [0.2, 0.25) is 0 Å². The summed E-state index contributed by atoms with van der Waals surface area (Å²) >= 11 is 0. The molecule has 0 spiro atoms. The van der Waals surface area contributed by atoms with E-state index < -0.39 is 0 Å². The molecule has 0 unspecified atom stereocenters. The maximum absolute atomic E-state index is 10.8. The third-order valence-corrected chi connectivity index (χ3v) is 1.15. The number of hydrogen-bond acceptors (Lipinski definition) is 2. The molecule has 0 amide bonds. The van der Waals surface area contributed by atoms with Gasteiger partial charge in [0, 0.05) is 6.07 Å². The minimum absolute atomic E-state index is 0.0400. The Labute approximate surface area is 59.1 Å². The fraction of sp³-hybridized carbons (Fsp3) is 0.125. The Morgan fingerprint density at radius 3 is 2.70 bits per heavy atom. The van der Waals surface area contributed by atoms with Crippen molar-refractivity contribution in [2.24, 2.45) is 0 Å². The van der Waals surface area contributed by atoms with E-state index in [9.17, 15) is 4.79 Å². The molecular weight excluding hydrogens is 128 g/mol. The van der Waals surface area contributed by atoms with E-state index in [0.717, 1.165) is 0 Å². The van der Waals surface area contributed by atoms with Crippen molar-refractivity contribution in [1.29, 1.82) is 0 Å². The Morgan fingerprint density at radius 2 is 2.00 bits per heavy atom. The molecule has 0 fully saturated rings. The fourth-order valence-electron chi connectivity index (χ4n) is 0.664. The maximum atomic E-state index is 10.8. The monoisotopic (exact) mass is 136 g/mol. The van der Waals surface area contributed by atoms with E-state index in [1.165, 1.54) is 19.2 Å². The Hall–Kier alpha value is -1.31. The lowest BCUT2D eigenvalue weighted by atomic mass is 10.5. The van der Waals surface area contributed by atoms with Crippen molar-refractivity contribution in [2.75, 3.05) is 7.11 Å². The van der Waals surface area contributed by atoms with Crippen molar-refractivity contribution in [3.8, 4) is 5.75 Å². The van der Waals surface area contributed by atoms with Gasteiger partial charge < -0.3 is 4.74 Å². The third-order valence-electron chi connectivity index (χ3n) is 1.15. The average Bonchev–Trinajstić information content (AvgIpc) is 2.13. The minimum atomic E-state index is -0.0400. The quantitative estimate of drug-likeness (QED) is 0.577. The second-order valence-corrected chi connectivity index (χ2v) is 1.87. The van der Waals surface area contributed by atoms with Gasteiger partial charge in [-0.3, -0.25) is 4.79 Å². The van der Waals surface area contributed by atoms with Crippen LogP contribution in [-0.2, 0) is 0 Å². The predicted octanol–water partition coefficient (Wildman–Crippen LogP) is 1.06. The van der Waals surface area contributed by atoms with Gasteiger partial charge in [0.05, 0.1) is 7.11 Å². The van der Waals surface area contributed by atoms with Crippen LogP contribution < -0.4 is 10.2 Å². The van der Waals surface area contributed by atoms with Gasteiger partial charge in [-0.15, -0.1) is 0 Å². The van der Waals surface area contributed by atoms with Crippen molar-refractivity contribution in [1.82, 2.24) is 0 Å². The zero-order valence-electron chi connectivity index (χ0n) is 5.70. The Balaban J connectivity index is 3.22. The van der Waals surface area contributed by atoms with E-state index in [1.807, 2.05) is 0 Å². The van der Waals surface area contributed by atoms with Crippen LogP contribution in [0.25, 0.3) is 0 Å². The first-order valence-corrected chi connectivity index (χ1v) is 2.97. The molecule has 0 aliphatic carbocycles. The van der Waals surface area contributed by atoms with Crippen LogP contribution in [0.3, 0.4) is 0 Å². The molecule has 1 aromatic carbocycles. The zero-order valence-corrected chi connectivity index (χ0v) is 5.70. The standard InChI is InChI=1S/C8H8O2/c1-10-8-5-3-2-4-7(9)6-8/h2-6H,1H3. The molecule has 0 heterocycles. The molecule has 0 aromatic heterocycles. The number of methoxy groups -OCH3 is 1. The first-order valence-electron chi connectivity index (χ1n) is 2.97. The van der Waals surface area contributed by atoms with Crippen LogP contribution in [0.1, 0.15) is 0 Å². The van der Waals surface area contributed by atoms with E-state index in [2.05, 4.69) is 0 Å². The summed E-state index contributed by atoms with van der Waals surface area (Å²) in [6.45, 7) is 0. The number of rotatable bonds is 1. The predicted molar refractivity (Wildman–Crippen MR) is 39.3 cm³/mol. The Kier molecular flexibility index (Phi) is 2.05. The first-order chi connectivity index (χ1) is 4.83. The molecule has 0 radical (unpaired) electrons. The molecule has 0 bridgehead atoms. The number of ether oxygens (including phenoxy) is 1. The van der Waals surface area contributed by atoms with E-state index in [4.69, 9.17) is 4.74 Å². The fourth-order valence-corrected chi connectivity index (χ4v) is 0.664. The summed E-state index contributed by atoms with van der Waals surface area (Å²) in [5.41, 5.74) is -0.0400. The molecule has 1 rings (SSSR count). The van der Waals surface area contributed by atoms with Gasteiger partial charge in [0.15, 0.2) is 5.43 Å². The maximum Gasteiger partial charge on any atom is 0.182 e. The smallest absolute Gasteiger partial charge is 0.182 e. The molecule has 1 aromatic rings. The molecular formula is C8H8O2. The van der Waals surface area contributed by atoms with Crippen LogP contribution >= 0.6 is 0 Å². The lowest BCUT2D eigenvalue weighted by Crippen LogP contribution is -1.91. The van der Waals surface area contributed by atoms with Gasteiger partial charge in [0.25, 0.3) is 0 Å². The molecule has 2 heteroatoms. The normalized spacial score (nSPS) is 8.90. The second-order valence-electron chi connectivity index (χ2n) is 1.87. The van der Waals surface area contributed by atoms with Crippen molar-refractivity contribution in [2.45, 2.75) is 0 Å². The van der Waals surface area contributed by atoms with E-state index >= 15 is 0 Å². The molecule has 0 atom stereocenters. The molecule has 10 heavy (non-hydrogen) atoms. The van der Waals surface area contributed by atoms with Gasteiger partial charge in [-0.05, 0) is 12.1 Å². The molecule has 0 aliphatic rings. The summed E-state index contributed by atoms with van der Waals surface area (Å²) < 4.78 is 4.86. The van der Waals surface area contributed by atoms with Gasteiger partial charge in [-0.1, -0.05) is 12.1 Å². The summed E-state index contributed by atoms with van der Waals surface area (Å²) in [7, 11) is 1.54. The minimum Gasteiger partial charge on any atom is -0.497 e. The SMILES string of the molecule is COc1ccccc(=O)c1. The lowest BCUT2D eigenvalue weighted by molar-refractivity contribution is 0.415. The molecule has 2 nitrogen and oxygen atoms in total. The summed E-state index contributed by atoms with van der Waals surface area (Å²) in [5, 5.41) is 0. The molecule has 0 aliphatic heterocycles. The molecule has 0 saturated heterocycles. The molecule has 0 N–H and O–H groups in total.